The first kappa shape index (κ1) is 15.5. The molecule has 0 atom stereocenters. The van der Waals surface area contributed by atoms with Crippen molar-refractivity contribution in [3.05, 3.63) is 22.3 Å². The molecule has 1 amide bonds. The highest BCUT2D eigenvalue weighted by Gasteiger charge is 2.15. The Morgan fingerprint density at radius 3 is 3.00 bits per heavy atom. The molecule has 0 fully saturated rings. The van der Waals surface area contributed by atoms with Gasteiger partial charge in [0, 0.05) is 11.8 Å². The number of hydrogen-bond donors (Lipinski definition) is 1. The predicted octanol–water partition coefficient (Wildman–Crippen LogP) is 2.98. The van der Waals surface area contributed by atoms with Crippen LogP contribution < -0.4 is 5.32 Å². The van der Waals surface area contributed by atoms with E-state index in [9.17, 15) is 4.79 Å². The number of aromatic nitrogens is 3. The summed E-state index contributed by atoms with van der Waals surface area (Å²) >= 11 is 3.08. The van der Waals surface area contributed by atoms with Crippen molar-refractivity contribution in [3.63, 3.8) is 0 Å². The van der Waals surface area contributed by atoms with E-state index >= 15 is 0 Å². The number of nitrogens with zero attached hydrogens (tertiary/aromatic N) is 3. The first-order valence-corrected chi connectivity index (χ1v) is 9.33. The van der Waals surface area contributed by atoms with Crippen molar-refractivity contribution in [2.45, 2.75) is 44.8 Å². The number of hydrogen-bond acceptors (Lipinski definition) is 7. The lowest BCUT2D eigenvalue weighted by Gasteiger charge is -2.00. The minimum Gasteiger partial charge on any atom is -0.340 e. The molecule has 8 heteroatoms. The molecule has 1 aliphatic carbocycles. The second-order valence-corrected chi connectivity index (χ2v) is 7.29. The number of nitrogens with one attached hydrogen (secondary N) is 1. The fraction of sp³-hybridized carbons (Fsp3) is 0.571. The van der Waals surface area contributed by atoms with Gasteiger partial charge in [-0.3, -0.25) is 4.79 Å². The molecule has 0 spiro atoms. The lowest BCUT2D eigenvalue weighted by atomic mass is 10.2. The Labute approximate surface area is 137 Å². The minimum atomic E-state index is -0.0332. The summed E-state index contributed by atoms with van der Waals surface area (Å²) in [5, 5.41) is 7.42. The second-order valence-electron chi connectivity index (χ2n) is 5.22. The van der Waals surface area contributed by atoms with Gasteiger partial charge in [-0.15, -0.1) is 23.1 Å². The van der Waals surface area contributed by atoms with Crippen LogP contribution in [0.4, 0.5) is 5.13 Å². The Morgan fingerprint density at radius 1 is 1.32 bits per heavy atom. The van der Waals surface area contributed by atoms with Gasteiger partial charge in [0.1, 0.15) is 0 Å². The van der Waals surface area contributed by atoms with Gasteiger partial charge in [0.15, 0.2) is 11.0 Å². The van der Waals surface area contributed by atoms with Crippen LogP contribution in [0.1, 0.15) is 41.5 Å². The van der Waals surface area contributed by atoms with E-state index in [0.717, 1.165) is 18.0 Å². The Kier molecular flexibility index (Phi) is 5.09. The summed E-state index contributed by atoms with van der Waals surface area (Å²) in [6.45, 7) is 1.75. The van der Waals surface area contributed by atoms with Crippen LogP contribution in [0.15, 0.2) is 4.52 Å². The number of carbonyl (C=O) groups is 1. The normalized spacial score (nSPS) is 14.4. The Bertz CT molecular complexity index is 630. The molecule has 0 unspecified atom stereocenters. The summed E-state index contributed by atoms with van der Waals surface area (Å²) in [6, 6.07) is 0. The molecule has 1 N–H and O–H groups in total. The van der Waals surface area contributed by atoms with Crippen LogP contribution in [0.25, 0.3) is 0 Å². The Hall–Kier alpha value is -1.41. The molecule has 0 radical (unpaired) electrons. The smallest absolute Gasteiger partial charge is 0.236 e. The van der Waals surface area contributed by atoms with E-state index in [1.54, 1.807) is 18.3 Å². The number of anilines is 1. The number of rotatable bonds is 5. The molecule has 0 aliphatic heterocycles. The summed E-state index contributed by atoms with van der Waals surface area (Å²) in [6.07, 6.45) is 5.83. The molecule has 2 aromatic rings. The number of thioether (sulfide) groups is 1. The zero-order valence-corrected chi connectivity index (χ0v) is 14.1. The Morgan fingerprint density at radius 2 is 2.18 bits per heavy atom. The maximum absolute atomic E-state index is 12.0. The highest BCUT2D eigenvalue weighted by atomic mass is 32.2. The molecule has 3 rings (SSSR count). The summed E-state index contributed by atoms with van der Waals surface area (Å²) < 4.78 is 4.89. The maximum atomic E-state index is 12.0. The van der Waals surface area contributed by atoms with Gasteiger partial charge in [-0.25, -0.2) is 4.98 Å². The number of carbonyl (C=O) groups excluding carboxylic acids is 1. The van der Waals surface area contributed by atoms with Crippen LogP contribution in [0, 0.1) is 6.92 Å². The number of amides is 1. The zero-order chi connectivity index (χ0) is 15.4. The van der Waals surface area contributed by atoms with Crippen LogP contribution >= 0.6 is 23.1 Å². The van der Waals surface area contributed by atoms with E-state index in [1.807, 2.05) is 0 Å². The largest absolute Gasteiger partial charge is 0.340 e. The third kappa shape index (κ3) is 4.07. The van der Waals surface area contributed by atoms with E-state index in [4.69, 9.17) is 4.52 Å². The molecule has 6 nitrogen and oxygen atoms in total. The van der Waals surface area contributed by atoms with Gasteiger partial charge >= 0.3 is 0 Å². The standard InChI is InChI=1S/C14H18N4O2S2/c1-9-15-12(18-20-9)7-21-8-13(19)17-14-16-10-5-3-2-4-6-11(10)22-14/h2-8H2,1H3,(H,16,17,19). The van der Waals surface area contributed by atoms with Gasteiger partial charge in [0.25, 0.3) is 0 Å². The van der Waals surface area contributed by atoms with Crippen LogP contribution in [0.3, 0.4) is 0 Å². The summed E-state index contributed by atoms with van der Waals surface area (Å²) in [4.78, 5) is 22.0. The average Bonchev–Trinajstić information content (AvgIpc) is 2.99. The van der Waals surface area contributed by atoms with Gasteiger partial charge in [-0.1, -0.05) is 11.6 Å². The SMILES string of the molecule is Cc1nc(CSCC(=O)Nc2nc3c(s2)CCCCC3)no1. The topological polar surface area (TPSA) is 80.9 Å². The van der Waals surface area contributed by atoms with Gasteiger partial charge in [-0.05, 0) is 25.7 Å². The molecule has 2 heterocycles. The average molecular weight is 338 g/mol. The van der Waals surface area contributed by atoms with Crippen molar-refractivity contribution < 1.29 is 9.32 Å². The van der Waals surface area contributed by atoms with Gasteiger partial charge < -0.3 is 9.84 Å². The van der Waals surface area contributed by atoms with E-state index in [1.165, 1.54) is 41.6 Å². The van der Waals surface area contributed by atoms with Crippen molar-refractivity contribution in [1.82, 2.24) is 15.1 Å². The predicted molar refractivity (Wildman–Crippen MR) is 87.2 cm³/mol. The monoisotopic (exact) mass is 338 g/mol. The van der Waals surface area contributed by atoms with Gasteiger partial charge in [0.2, 0.25) is 11.8 Å². The molecule has 0 saturated heterocycles. The fourth-order valence-electron chi connectivity index (χ4n) is 2.37. The Balaban J connectivity index is 1.47. The van der Waals surface area contributed by atoms with Crippen LogP contribution in [0.5, 0.6) is 0 Å². The molecular formula is C14H18N4O2S2. The van der Waals surface area contributed by atoms with Crippen LogP contribution in [-0.2, 0) is 23.4 Å². The van der Waals surface area contributed by atoms with Crippen molar-refractivity contribution in [2.24, 2.45) is 0 Å². The van der Waals surface area contributed by atoms with E-state index in [-0.39, 0.29) is 5.91 Å². The van der Waals surface area contributed by atoms with Crippen molar-refractivity contribution in [3.8, 4) is 0 Å². The van der Waals surface area contributed by atoms with E-state index in [0.29, 0.717) is 23.2 Å². The molecular weight excluding hydrogens is 320 g/mol. The molecule has 0 bridgehead atoms. The summed E-state index contributed by atoms with van der Waals surface area (Å²) in [7, 11) is 0. The second kappa shape index (κ2) is 7.23. The first-order chi connectivity index (χ1) is 10.7. The summed E-state index contributed by atoms with van der Waals surface area (Å²) in [5.41, 5.74) is 1.17. The van der Waals surface area contributed by atoms with Gasteiger partial charge in [-0.2, -0.15) is 4.98 Å². The third-order valence-corrected chi connectivity index (χ3v) is 5.38. The van der Waals surface area contributed by atoms with Crippen LogP contribution in [0.2, 0.25) is 0 Å². The van der Waals surface area contributed by atoms with Crippen LogP contribution in [-0.4, -0.2) is 26.8 Å². The maximum Gasteiger partial charge on any atom is 0.236 e. The van der Waals surface area contributed by atoms with Gasteiger partial charge in [0.05, 0.1) is 17.2 Å². The van der Waals surface area contributed by atoms with E-state index < -0.39 is 0 Å². The van der Waals surface area contributed by atoms with Crippen molar-refractivity contribution >= 4 is 34.1 Å². The van der Waals surface area contributed by atoms with Crippen molar-refractivity contribution in [2.75, 3.05) is 11.1 Å². The summed E-state index contributed by atoms with van der Waals surface area (Å²) in [5.74, 6) is 2.06. The van der Waals surface area contributed by atoms with E-state index in [2.05, 4.69) is 20.4 Å². The quantitative estimate of drug-likeness (QED) is 0.844. The lowest BCUT2D eigenvalue weighted by Crippen LogP contribution is -2.14. The minimum absolute atomic E-state index is 0.0332. The third-order valence-electron chi connectivity index (χ3n) is 3.38. The number of aryl methyl sites for hydroxylation is 3. The molecule has 1 aliphatic rings. The highest BCUT2D eigenvalue weighted by molar-refractivity contribution is 7.99. The number of fused-ring (bicyclic) bond motifs is 1. The lowest BCUT2D eigenvalue weighted by molar-refractivity contribution is -0.113. The molecule has 118 valence electrons. The zero-order valence-electron chi connectivity index (χ0n) is 12.4. The fourth-order valence-corrected chi connectivity index (χ4v) is 4.10. The van der Waals surface area contributed by atoms with Crippen molar-refractivity contribution in [1.29, 1.82) is 0 Å². The molecule has 0 aromatic carbocycles. The molecule has 2 aromatic heterocycles. The molecule has 0 saturated carbocycles. The number of thiazole rings is 1. The highest BCUT2D eigenvalue weighted by Crippen LogP contribution is 2.29. The first-order valence-electron chi connectivity index (χ1n) is 7.36. The molecule has 22 heavy (non-hydrogen) atoms.